The molecule has 1 aliphatic heterocycles. The molecule has 0 aromatic heterocycles. The monoisotopic (exact) mass is 258 g/mol. The van der Waals surface area contributed by atoms with E-state index in [0.29, 0.717) is 12.4 Å². The lowest BCUT2D eigenvalue weighted by molar-refractivity contribution is 0.321. The fraction of sp³-hybridized carbons (Fsp3) is 0.250. The Bertz CT molecular complexity index is 563. The Morgan fingerprint density at radius 1 is 1.11 bits per heavy atom. The van der Waals surface area contributed by atoms with Crippen LogP contribution in [0.2, 0.25) is 0 Å². The fourth-order valence-corrected chi connectivity index (χ4v) is 2.21. The molecule has 1 aliphatic rings. The Labute approximate surface area is 111 Å². The predicted molar refractivity (Wildman–Crippen MR) is 71.2 cm³/mol. The first-order chi connectivity index (χ1) is 9.31. The van der Waals surface area contributed by atoms with Crippen LogP contribution >= 0.6 is 0 Å². The van der Waals surface area contributed by atoms with E-state index < -0.39 is 0 Å². The van der Waals surface area contributed by atoms with Crippen molar-refractivity contribution in [2.75, 3.05) is 13.2 Å². The van der Waals surface area contributed by atoms with Gasteiger partial charge in [-0.15, -0.1) is 0 Å². The van der Waals surface area contributed by atoms with Crippen LogP contribution in [0.25, 0.3) is 0 Å². The van der Waals surface area contributed by atoms with Gasteiger partial charge >= 0.3 is 0 Å². The minimum atomic E-state index is -0.244. The lowest BCUT2D eigenvalue weighted by Crippen LogP contribution is -2.01. The Morgan fingerprint density at radius 3 is 2.79 bits per heavy atom. The highest BCUT2D eigenvalue weighted by Gasteiger charge is 2.11. The summed E-state index contributed by atoms with van der Waals surface area (Å²) in [4.78, 5) is 0. The summed E-state index contributed by atoms with van der Waals surface area (Å²) in [6, 6.07) is 12.4. The summed E-state index contributed by atoms with van der Waals surface area (Å²) < 4.78 is 23.8. The summed E-state index contributed by atoms with van der Waals surface area (Å²) in [7, 11) is 0. The Morgan fingerprint density at radius 2 is 1.95 bits per heavy atom. The smallest absolute Gasteiger partial charge is 0.123 e. The van der Waals surface area contributed by atoms with Gasteiger partial charge in [-0.05, 0) is 41.5 Å². The van der Waals surface area contributed by atoms with Crippen LogP contribution in [0.15, 0.2) is 42.5 Å². The van der Waals surface area contributed by atoms with Crippen LogP contribution in [0.5, 0.6) is 11.5 Å². The molecule has 0 N–H and O–H groups in total. The predicted octanol–water partition coefficient (Wildman–Crippen LogP) is 3.38. The Kier molecular flexibility index (Phi) is 3.36. The van der Waals surface area contributed by atoms with E-state index in [9.17, 15) is 4.39 Å². The molecule has 2 aromatic rings. The van der Waals surface area contributed by atoms with Gasteiger partial charge in [-0.1, -0.05) is 12.1 Å². The number of halogens is 1. The molecule has 0 amide bonds. The third kappa shape index (κ3) is 2.87. The Balaban J connectivity index is 1.56. The van der Waals surface area contributed by atoms with E-state index in [-0.39, 0.29) is 5.82 Å². The average Bonchev–Trinajstić information content (AvgIpc) is 2.88. The minimum Gasteiger partial charge on any atom is -0.493 e. The van der Waals surface area contributed by atoms with E-state index in [4.69, 9.17) is 9.47 Å². The zero-order valence-corrected chi connectivity index (χ0v) is 10.6. The standard InChI is InChI=1S/C16H15FO2/c17-14-2-4-15(5-3-14)18-9-7-12-1-6-16-13(11-12)8-10-19-16/h1-6,11H,7-10H2. The van der Waals surface area contributed by atoms with Crippen molar-refractivity contribution < 1.29 is 13.9 Å². The largest absolute Gasteiger partial charge is 0.493 e. The van der Waals surface area contributed by atoms with Crippen LogP contribution in [0.4, 0.5) is 4.39 Å². The van der Waals surface area contributed by atoms with Gasteiger partial charge in [-0.25, -0.2) is 4.39 Å². The zero-order chi connectivity index (χ0) is 13.1. The summed E-state index contributed by atoms with van der Waals surface area (Å²) in [5.74, 6) is 1.46. The van der Waals surface area contributed by atoms with Gasteiger partial charge in [0.1, 0.15) is 17.3 Å². The maximum Gasteiger partial charge on any atom is 0.123 e. The molecule has 1 heterocycles. The fourth-order valence-electron chi connectivity index (χ4n) is 2.21. The second-order valence-corrected chi connectivity index (χ2v) is 4.59. The molecule has 19 heavy (non-hydrogen) atoms. The molecule has 3 rings (SSSR count). The van der Waals surface area contributed by atoms with Gasteiger partial charge in [-0.3, -0.25) is 0 Å². The average molecular weight is 258 g/mol. The highest BCUT2D eigenvalue weighted by molar-refractivity contribution is 5.39. The van der Waals surface area contributed by atoms with E-state index in [1.54, 1.807) is 12.1 Å². The third-order valence-electron chi connectivity index (χ3n) is 3.23. The SMILES string of the molecule is Fc1ccc(OCCc2ccc3c(c2)CCO3)cc1. The van der Waals surface area contributed by atoms with E-state index in [0.717, 1.165) is 25.2 Å². The van der Waals surface area contributed by atoms with Gasteiger partial charge < -0.3 is 9.47 Å². The number of rotatable bonds is 4. The van der Waals surface area contributed by atoms with Gasteiger partial charge in [0, 0.05) is 12.8 Å². The Hall–Kier alpha value is -2.03. The third-order valence-corrected chi connectivity index (χ3v) is 3.23. The van der Waals surface area contributed by atoms with Crippen LogP contribution in [-0.2, 0) is 12.8 Å². The molecule has 0 bridgehead atoms. The molecule has 2 nitrogen and oxygen atoms in total. The van der Waals surface area contributed by atoms with Crippen molar-refractivity contribution >= 4 is 0 Å². The van der Waals surface area contributed by atoms with Crippen LogP contribution in [0.1, 0.15) is 11.1 Å². The lowest BCUT2D eigenvalue weighted by atomic mass is 10.1. The van der Waals surface area contributed by atoms with Crippen molar-refractivity contribution in [3.63, 3.8) is 0 Å². The molecule has 0 saturated heterocycles. The quantitative estimate of drug-likeness (QED) is 0.837. The van der Waals surface area contributed by atoms with E-state index in [2.05, 4.69) is 12.1 Å². The lowest BCUT2D eigenvalue weighted by Gasteiger charge is -2.07. The highest BCUT2D eigenvalue weighted by atomic mass is 19.1. The van der Waals surface area contributed by atoms with E-state index >= 15 is 0 Å². The van der Waals surface area contributed by atoms with Gasteiger partial charge in [0.25, 0.3) is 0 Å². The molecule has 0 radical (unpaired) electrons. The first-order valence-electron chi connectivity index (χ1n) is 6.44. The van der Waals surface area contributed by atoms with Crippen molar-refractivity contribution in [1.82, 2.24) is 0 Å². The first-order valence-corrected chi connectivity index (χ1v) is 6.44. The molecular weight excluding hydrogens is 243 g/mol. The molecule has 2 aromatic carbocycles. The summed E-state index contributed by atoms with van der Waals surface area (Å²) in [6.07, 6.45) is 1.83. The molecule has 98 valence electrons. The second kappa shape index (κ2) is 5.31. The van der Waals surface area contributed by atoms with Crippen LogP contribution < -0.4 is 9.47 Å². The molecular formula is C16H15FO2. The molecule has 3 heteroatoms. The molecule has 0 fully saturated rings. The topological polar surface area (TPSA) is 18.5 Å². The van der Waals surface area contributed by atoms with Gasteiger partial charge in [0.2, 0.25) is 0 Å². The summed E-state index contributed by atoms with van der Waals surface area (Å²) in [5.41, 5.74) is 2.52. The molecule has 0 saturated carbocycles. The minimum absolute atomic E-state index is 0.244. The zero-order valence-electron chi connectivity index (χ0n) is 10.6. The van der Waals surface area contributed by atoms with Crippen molar-refractivity contribution in [3.8, 4) is 11.5 Å². The van der Waals surface area contributed by atoms with Crippen LogP contribution in [0, 0.1) is 5.82 Å². The van der Waals surface area contributed by atoms with E-state index in [1.807, 2.05) is 6.07 Å². The first kappa shape index (κ1) is 12.0. The van der Waals surface area contributed by atoms with Crippen LogP contribution in [0.3, 0.4) is 0 Å². The van der Waals surface area contributed by atoms with Gasteiger partial charge in [-0.2, -0.15) is 0 Å². The van der Waals surface area contributed by atoms with Gasteiger partial charge in [0.05, 0.1) is 13.2 Å². The van der Waals surface area contributed by atoms with Crippen molar-refractivity contribution in [1.29, 1.82) is 0 Å². The molecule has 0 unspecified atom stereocenters. The number of benzene rings is 2. The molecule has 0 spiro atoms. The summed E-state index contributed by atoms with van der Waals surface area (Å²) in [5, 5.41) is 0. The normalized spacial score (nSPS) is 12.9. The second-order valence-electron chi connectivity index (χ2n) is 4.59. The van der Waals surface area contributed by atoms with E-state index in [1.165, 1.54) is 23.3 Å². The number of hydrogen-bond donors (Lipinski definition) is 0. The number of hydrogen-bond acceptors (Lipinski definition) is 2. The summed E-state index contributed by atoms with van der Waals surface area (Å²) in [6.45, 7) is 1.37. The van der Waals surface area contributed by atoms with Crippen molar-refractivity contribution in [2.45, 2.75) is 12.8 Å². The maximum absolute atomic E-state index is 12.7. The van der Waals surface area contributed by atoms with Crippen molar-refractivity contribution in [2.24, 2.45) is 0 Å². The van der Waals surface area contributed by atoms with Crippen molar-refractivity contribution in [3.05, 3.63) is 59.4 Å². The van der Waals surface area contributed by atoms with Crippen LogP contribution in [-0.4, -0.2) is 13.2 Å². The highest BCUT2D eigenvalue weighted by Crippen LogP contribution is 2.26. The summed E-state index contributed by atoms with van der Waals surface area (Å²) >= 11 is 0. The molecule has 0 atom stereocenters. The molecule has 0 aliphatic carbocycles. The number of ether oxygens (including phenoxy) is 2. The maximum atomic E-state index is 12.7. The number of fused-ring (bicyclic) bond motifs is 1. The van der Waals surface area contributed by atoms with Gasteiger partial charge in [0.15, 0.2) is 0 Å².